The van der Waals surface area contributed by atoms with Crippen LogP contribution in [0.3, 0.4) is 0 Å². The Hall–Kier alpha value is -2.44. The Morgan fingerprint density at radius 3 is 2.37 bits per heavy atom. The number of hydrogen-bond acceptors (Lipinski definition) is 5. The molecule has 0 atom stereocenters. The van der Waals surface area contributed by atoms with Crippen LogP contribution in [0.25, 0.3) is 11.3 Å². The average molecular weight is 610 g/mol. The molecule has 0 radical (unpaired) electrons. The second-order valence-corrected chi connectivity index (χ2v) is 12.7. The molecule has 1 aliphatic rings. The van der Waals surface area contributed by atoms with E-state index < -0.39 is 47.5 Å². The molecule has 1 heterocycles. The number of amides is 1. The largest absolute Gasteiger partial charge is 0.434 e. The minimum atomic E-state index is -4.55. The molecule has 230 valence electrons. The second-order valence-electron chi connectivity index (χ2n) is 12.3. The molecule has 0 saturated heterocycles. The third-order valence-electron chi connectivity index (χ3n) is 7.36. The Morgan fingerprint density at radius 1 is 1.22 bits per heavy atom. The molecule has 3 N–H and O–H groups in total. The number of nitrogens with one attached hydrogen (secondary N) is 1. The molecule has 41 heavy (non-hydrogen) atoms. The van der Waals surface area contributed by atoms with Crippen molar-refractivity contribution < 1.29 is 41.7 Å². The highest BCUT2D eigenvalue weighted by molar-refractivity contribution is 6.36. The molecule has 1 aromatic carbocycles. The second kappa shape index (κ2) is 12.0. The molecule has 2 aromatic rings. The Balaban J connectivity index is 2.03. The normalized spacial score (nSPS) is 20.4. The molecule has 1 aliphatic carbocycles. The zero-order valence-corrected chi connectivity index (χ0v) is 24.5. The lowest BCUT2D eigenvalue weighted by Crippen LogP contribution is -2.45. The van der Waals surface area contributed by atoms with E-state index in [2.05, 4.69) is 22.1 Å². The number of aromatic nitrogens is 2. The summed E-state index contributed by atoms with van der Waals surface area (Å²) in [5.74, 6) is -0.722. The molecule has 1 amide bonds. The molecule has 1 aromatic heterocycles. The number of benzene rings is 1. The molecule has 0 bridgehead atoms. The Kier molecular flexibility index (Phi) is 9.71. The maximum atomic E-state index is 13.5. The summed E-state index contributed by atoms with van der Waals surface area (Å²) in [5, 5.41) is 28.0. The molecular weight excluding hydrogens is 573 g/mol. The van der Waals surface area contributed by atoms with Gasteiger partial charge in [0, 0.05) is 12.1 Å². The molecule has 13 heteroatoms. The van der Waals surface area contributed by atoms with Gasteiger partial charge in [0.1, 0.15) is 5.75 Å². The van der Waals surface area contributed by atoms with Crippen LogP contribution in [0.4, 0.5) is 22.0 Å². The maximum Gasteiger partial charge on any atom is 0.394 e. The molecule has 0 spiro atoms. The van der Waals surface area contributed by atoms with Crippen LogP contribution in [0.2, 0.25) is 5.02 Å². The highest BCUT2D eigenvalue weighted by atomic mass is 35.5. The van der Waals surface area contributed by atoms with E-state index in [0.717, 1.165) is 32.8 Å². The van der Waals surface area contributed by atoms with E-state index in [1.807, 2.05) is 0 Å². The summed E-state index contributed by atoms with van der Waals surface area (Å²) in [5.41, 5.74) is -4.91. The van der Waals surface area contributed by atoms with Crippen molar-refractivity contribution >= 4 is 17.5 Å². The summed E-state index contributed by atoms with van der Waals surface area (Å²) in [6.07, 6.45) is -2.43. The molecule has 1 fully saturated rings. The van der Waals surface area contributed by atoms with Crippen LogP contribution >= 0.6 is 11.6 Å². The van der Waals surface area contributed by atoms with Crippen molar-refractivity contribution in [2.75, 3.05) is 6.54 Å². The van der Waals surface area contributed by atoms with Crippen molar-refractivity contribution in [1.29, 1.82) is 0 Å². The average Bonchev–Trinajstić information content (AvgIpc) is 3.12. The Bertz CT molecular complexity index is 1230. The molecule has 1 saturated carbocycles. The van der Waals surface area contributed by atoms with Crippen LogP contribution in [0.5, 0.6) is 5.75 Å². The van der Waals surface area contributed by atoms with Crippen LogP contribution in [0.1, 0.15) is 76.4 Å². The Labute approximate surface area is 241 Å². The lowest BCUT2D eigenvalue weighted by Gasteiger charge is -2.34. The van der Waals surface area contributed by atoms with Crippen LogP contribution < -0.4 is 10.1 Å². The van der Waals surface area contributed by atoms with E-state index in [1.54, 1.807) is 0 Å². The van der Waals surface area contributed by atoms with Crippen molar-refractivity contribution in [3.63, 3.8) is 0 Å². The molecule has 0 aliphatic heterocycles. The zero-order valence-electron chi connectivity index (χ0n) is 23.7. The summed E-state index contributed by atoms with van der Waals surface area (Å²) in [6.45, 7) is 3.43. The first kappa shape index (κ1) is 33.1. The number of rotatable bonds is 10. The predicted molar refractivity (Wildman–Crippen MR) is 144 cm³/mol. The molecular formula is C28H37ClF5N3O4. The van der Waals surface area contributed by atoms with E-state index >= 15 is 0 Å². The van der Waals surface area contributed by atoms with Crippen molar-refractivity contribution in [3.05, 3.63) is 34.5 Å². The van der Waals surface area contributed by atoms with E-state index in [0.29, 0.717) is 18.8 Å². The lowest BCUT2D eigenvalue weighted by atomic mass is 9.79. The predicted octanol–water partition coefficient (Wildman–Crippen LogP) is 6.38. The van der Waals surface area contributed by atoms with Crippen LogP contribution in [-0.2, 0) is 13.0 Å². The molecule has 7 nitrogen and oxygen atoms in total. The van der Waals surface area contributed by atoms with Gasteiger partial charge in [-0.2, -0.15) is 27.1 Å². The minimum Gasteiger partial charge on any atom is -0.434 e. The van der Waals surface area contributed by atoms with E-state index in [4.69, 9.17) is 11.6 Å². The third-order valence-corrected chi connectivity index (χ3v) is 7.72. The number of alkyl halides is 5. The highest BCUT2D eigenvalue weighted by Crippen LogP contribution is 2.43. The first-order valence-electron chi connectivity index (χ1n) is 13.4. The standard InChI is InChI=1S/C28H37ClF5N3O4/c1-16-8-10-27(40,11-9-16)14-35-23(38)21-20(29)22(37(36-21)15-26(4,5)39)18-7-6-17(12-19(18)41-24(30)31)13-25(2,3)28(32,33)34/h6-7,12,16,24,39-40H,8-11,13-15H2,1-5H3,(H,35,38). The van der Waals surface area contributed by atoms with Gasteiger partial charge in [-0.25, -0.2) is 0 Å². The quantitative estimate of drug-likeness (QED) is 0.272. The summed E-state index contributed by atoms with van der Waals surface area (Å²) in [6, 6.07) is 3.68. The SMILES string of the molecule is CC1CCC(O)(CNC(=O)c2nn(CC(C)(C)O)c(-c3ccc(CC(C)(C)C(F)(F)F)cc3OC(F)F)c2Cl)CC1. The highest BCUT2D eigenvalue weighted by Gasteiger charge is 2.47. The summed E-state index contributed by atoms with van der Waals surface area (Å²) < 4.78 is 73.2. The third kappa shape index (κ3) is 8.32. The van der Waals surface area contributed by atoms with Crippen LogP contribution in [0, 0.1) is 11.3 Å². The number of ether oxygens (including phenoxy) is 1. The zero-order chi connectivity index (χ0) is 31.0. The fourth-order valence-corrected chi connectivity index (χ4v) is 5.13. The fraction of sp³-hybridized carbons (Fsp3) is 0.643. The van der Waals surface area contributed by atoms with Gasteiger partial charge in [-0.3, -0.25) is 9.48 Å². The van der Waals surface area contributed by atoms with Crippen LogP contribution in [-0.4, -0.2) is 56.4 Å². The van der Waals surface area contributed by atoms with Crippen molar-refractivity contribution in [1.82, 2.24) is 15.1 Å². The number of carbonyl (C=O) groups excluding carboxylic acids is 1. The van der Waals surface area contributed by atoms with Crippen molar-refractivity contribution in [2.45, 2.75) is 97.3 Å². The molecule has 3 rings (SSSR count). The smallest absolute Gasteiger partial charge is 0.394 e. The maximum absolute atomic E-state index is 13.5. The minimum absolute atomic E-state index is 0.0403. The van der Waals surface area contributed by atoms with Gasteiger partial charge in [0.05, 0.1) is 33.9 Å². The van der Waals surface area contributed by atoms with Gasteiger partial charge < -0.3 is 20.3 Å². The van der Waals surface area contributed by atoms with Crippen molar-refractivity contribution in [3.8, 4) is 17.0 Å². The van der Waals surface area contributed by atoms with Gasteiger partial charge in [-0.05, 0) is 69.6 Å². The summed E-state index contributed by atoms with van der Waals surface area (Å²) in [4.78, 5) is 13.1. The number of carbonyl (C=O) groups is 1. The number of nitrogens with zero attached hydrogens (tertiary/aromatic N) is 2. The first-order valence-corrected chi connectivity index (χ1v) is 13.7. The monoisotopic (exact) mass is 609 g/mol. The lowest BCUT2D eigenvalue weighted by molar-refractivity contribution is -0.211. The first-order chi connectivity index (χ1) is 18.7. The van der Waals surface area contributed by atoms with Crippen molar-refractivity contribution in [2.24, 2.45) is 11.3 Å². The number of hydrogen-bond donors (Lipinski definition) is 3. The number of halogens is 6. The molecule has 0 unspecified atom stereocenters. The van der Waals surface area contributed by atoms with E-state index in [1.165, 1.54) is 30.7 Å². The number of aliphatic hydroxyl groups is 2. The summed E-state index contributed by atoms with van der Waals surface area (Å²) >= 11 is 6.60. The van der Waals surface area contributed by atoms with E-state index in [9.17, 15) is 37.0 Å². The van der Waals surface area contributed by atoms with E-state index in [-0.39, 0.29) is 40.6 Å². The van der Waals surface area contributed by atoms with Gasteiger partial charge >= 0.3 is 12.8 Å². The van der Waals surface area contributed by atoms with Gasteiger partial charge in [0.15, 0.2) is 5.69 Å². The van der Waals surface area contributed by atoms with Gasteiger partial charge in [0.25, 0.3) is 5.91 Å². The van der Waals surface area contributed by atoms with Crippen LogP contribution in [0.15, 0.2) is 18.2 Å². The fourth-order valence-electron chi connectivity index (χ4n) is 4.80. The Morgan fingerprint density at radius 2 is 1.83 bits per heavy atom. The van der Waals surface area contributed by atoms with Gasteiger partial charge in [-0.15, -0.1) is 0 Å². The summed E-state index contributed by atoms with van der Waals surface area (Å²) in [7, 11) is 0. The van der Waals surface area contributed by atoms with Gasteiger partial charge in [-0.1, -0.05) is 38.4 Å². The van der Waals surface area contributed by atoms with Gasteiger partial charge in [0.2, 0.25) is 0 Å². The topological polar surface area (TPSA) is 96.6 Å².